The third-order valence-corrected chi connectivity index (χ3v) is 5.81. The van der Waals surface area contributed by atoms with E-state index in [4.69, 9.17) is 0 Å². The number of carbonyl (C=O) groups is 1. The van der Waals surface area contributed by atoms with E-state index >= 15 is 0 Å². The molecular weight excluding hydrogens is 277 g/mol. The molecule has 5 rings (SSSR count). The molecule has 0 saturated heterocycles. The Kier molecular flexibility index (Phi) is 3.51. The van der Waals surface area contributed by atoms with Crippen LogP contribution in [0.4, 0.5) is 4.39 Å². The Morgan fingerprint density at radius 3 is 2.41 bits per heavy atom. The molecule has 1 N–H and O–H groups in total. The standard InChI is InChI=1S/C19H22FNO/c20-17-3-1-2-12(11-17)4-5-18(22)21-19-15-7-13-6-14(9-15)10-16(19)8-13/h1-5,11,13-16,19H,6-10H2,(H,21,22)/b5-4+. The second-order valence-electron chi connectivity index (χ2n) is 7.35. The first-order valence-corrected chi connectivity index (χ1v) is 8.41. The van der Waals surface area contributed by atoms with Crippen LogP contribution < -0.4 is 5.32 Å². The van der Waals surface area contributed by atoms with Crippen LogP contribution in [0.5, 0.6) is 0 Å². The third-order valence-electron chi connectivity index (χ3n) is 5.81. The molecule has 1 aromatic carbocycles. The van der Waals surface area contributed by atoms with E-state index in [2.05, 4.69) is 5.32 Å². The van der Waals surface area contributed by atoms with E-state index in [0.717, 1.165) is 17.4 Å². The number of hydrogen-bond donors (Lipinski definition) is 1. The van der Waals surface area contributed by atoms with Gasteiger partial charge in [0, 0.05) is 12.1 Å². The van der Waals surface area contributed by atoms with Gasteiger partial charge in [0.1, 0.15) is 5.82 Å². The highest BCUT2D eigenvalue weighted by molar-refractivity contribution is 5.91. The molecular formula is C19H22FNO. The summed E-state index contributed by atoms with van der Waals surface area (Å²) in [5.41, 5.74) is 0.722. The summed E-state index contributed by atoms with van der Waals surface area (Å²) in [5, 5.41) is 3.23. The summed E-state index contributed by atoms with van der Waals surface area (Å²) in [6.45, 7) is 0. The normalized spacial score (nSPS) is 36.0. The minimum Gasteiger partial charge on any atom is -0.349 e. The summed E-state index contributed by atoms with van der Waals surface area (Å²) in [4.78, 5) is 12.2. The number of nitrogens with one attached hydrogen (secondary N) is 1. The lowest BCUT2D eigenvalue weighted by Crippen LogP contribution is -2.55. The molecule has 1 amide bonds. The molecule has 0 heterocycles. The van der Waals surface area contributed by atoms with E-state index in [1.54, 1.807) is 24.3 Å². The fourth-order valence-electron chi connectivity index (χ4n) is 5.16. The van der Waals surface area contributed by atoms with E-state index in [0.29, 0.717) is 17.9 Å². The van der Waals surface area contributed by atoms with Crippen LogP contribution in [0, 0.1) is 29.5 Å². The third kappa shape index (κ3) is 2.69. The van der Waals surface area contributed by atoms with Gasteiger partial charge >= 0.3 is 0 Å². The first kappa shape index (κ1) is 14.0. The number of hydrogen-bond acceptors (Lipinski definition) is 1. The SMILES string of the molecule is O=C(/C=C/c1cccc(F)c1)NC1C2CC3CC(C2)CC1C3. The second kappa shape index (κ2) is 5.53. The van der Waals surface area contributed by atoms with Gasteiger partial charge in [-0.2, -0.15) is 0 Å². The van der Waals surface area contributed by atoms with Crippen molar-refractivity contribution in [1.82, 2.24) is 5.32 Å². The van der Waals surface area contributed by atoms with Crippen LogP contribution in [-0.4, -0.2) is 11.9 Å². The maximum Gasteiger partial charge on any atom is 0.244 e. The molecule has 0 atom stereocenters. The van der Waals surface area contributed by atoms with Crippen LogP contribution >= 0.6 is 0 Å². The minimum absolute atomic E-state index is 0.0401. The molecule has 4 fully saturated rings. The Bertz CT molecular complexity index is 581. The van der Waals surface area contributed by atoms with E-state index < -0.39 is 0 Å². The summed E-state index contributed by atoms with van der Waals surface area (Å²) in [5.74, 6) is 2.88. The molecule has 0 radical (unpaired) electrons. The summed E-state index contributed by atoms with van der Waals surface area (Å²) < 4.78 is 13.1. The predicted molar refractivity (Wildman–Crippen MR) is 84.4 cm³/mol. The first-order chi connectivity index (χ1) is 10.7. The first-order valence-electron chi connectivity index (χ1n) is 8.41. The lowest BCUT2D eigenvalue weighted by atomic mass is 9.54. The van der Waals surface area contributed by atoms with Crippen molar-refractivity contribution in [2.75, 3.05) is 0 Å². The zero-order chi connectivity index (χ0) is 15.1. The van der Waals surface area contributed by atoms with Crippen molar-refractivity contribution in [2.24, 2.45) is 23.7 Å². The van der Waals surface area contributed by atoms with Gasteiger partial charge in [0.2, 0.25) is 5.91 Å². The maximum atomic E-state index is 13.1. The molecule has 0 spiro atoms. The predicted octanol–water partition coefficient (Wildman–Crippen LogP) is 3.78. The number of benzene rings is 1. The topological polar surface area (TPSA) is 29.1 Å². The quantitative estimate of drug-likeness (QED) is 0.846. The van der Waals surface area contributed by atoms with Gasteiger partial charge in [0.05, 0.1) is 0 Å². The van der Waals surface area contributed by atoms with Crippen molar-refractivity contribution in [3.63, 3.8) is 0 Å². The highest BCUT2D eigenvalue weighted by Gasteiger charge is 2.48. The Morgan fingerprint density at radius 2 is 1.77 bits per heavy atom. The number of rotatable bonds is 3. The molecule has 3 heteroatoms. The van der Waals surface area contributed by atoms with E-state index in [1.165, 1.54) is 44.2 Å². The minimum atomic E-state index is -0.274. The number of halogens is 1. The van der Waals surface area contributed by atoms with Gasteiger partial charge in [-0.3, -0.25) is 4.79 Å². The monoisotopic (exact) mass is 299 g/mol. The van der Waals surface area contributed by atoms with Crippen LogP contribution in [0.25, 0.3) is 6.08 Å². The summed E-state index contributed by atoms with van der Waals surface area (Å²) in [7, 11) is 0. The zero-order valence-corrected chi connectivity index (χ0v) is 12.7. The smallest absolute Gasteiger partial charge is 0.244 e. The van der Waals surface area contributed by atoms with Crippen molar-refractivity contribution in [3.8, 4) is 0 Å². The van der Waals surface area contributed by atoms with Gasteiger partial charge in [-0.25, -0.2) is 4.39 Å². The van der Waals surface area contributed by atoms with E-state index in [9.17, 15) is 9.18 Å². The fraction of sp³-hybridized carbons (Fsp3) is 0.526. The van der Waals surface area contributed by atoms with Gasteiger partial charge in [0.15, 0.2) is 0 Å². The van der Waals surface area contributed by atoms with Crippen LogP contribution in [0.15, 0.2) is 30.3 Å². The number of carbonyl (C=O) groups excluding carboxylic acids is 1. The maximum absolute atomic E-state index is 13.1. The van der Waals surface area contributed by atoms with Crippen molar-refractivity contribution >= 4 is 12.0 Å². The molecule has 0 aliphatic heterocycles. The van der Waals surface area contributed by atoms with E-state index in [1.807, 2.05) is 0 Å². The lowest BCUT2D eigenvalue weighted by Gasteiger charge is -2.54. The Balaban J connectivity index is 1.40. The van der Waals surface area contributed by atoms with Crippen LogP contribution in [0.2, 0.25) is 0 Å². The number of amides is 1. The Hall–Kier alpha value is -1.64. The average molecular weight is 299 g/mol. The van der Waals surface area contributed by atoms with Gasteiger partial charge in [-0.1, -0.05) is 12.1 Å². The lowest BCUT2D eigenvalue weighted by molar-refractivity contribution is -0.120. The van der Waals surface area contributed by atoms with Gasteiger partial charge < -0.3 is 5.32 Å². The largest absolute Gasteiger partial charge is 0.349 e. The molecule has 4 bridgehead atoms. The van der Waals surface area contributed by atoms with Gasteiger partial charge in [-0.05, 0) is 79.5 Å². The van der Waals surface area contributed by atoms with Crippen LogP contribution in [0.1, 0.15) is 37.7 Å². The zero-order valence-electron chi connectivity index (χ0n) is 12.7. The van der Waals surface area contributed by atoms with Crippen LogP contribution in [0.3, 0.4) is 0 Å². The molecule has 116 valence electrons. The Labute approximate surface area is 130 Å². The van der Waals surface area contributed by atoms with Gasteiger partial charge in [-0.15, -0.1) is 0 Å². The molecule has 4 saturated carbocycles. The molecule has 4 aliphatic carbocycles. The second-order valence-corrected chi connectivity index (χ2v) is 7.35. The van der Waals surface area contributed by atoms with Gasteiger partial charge in [0.25, 0.3) is 0 Å². The molecule has 22 heavy (non-hydrogen) atoms. The summed E-state index contributed by atoms with van der Waals surface area (Å²) in [6.07, 6.45) is 9.84. The summed E-state index contributed by atoms with van der Waals surface area (Å²) >= 11 is 0. The highest BCUT2D eigenvalue weighted by Crippen LogP contribution is 2.53. The van der Waals surface area contributed by atoms with Crippen molar-refractivity contribution in [2.45, 2.75) is 38.1 Å². The molecule has 4 aliphatic rings. The fourth-order valence-corrected chi connectivity index (χ4v) is 5.16. The molecule has 0 aromatic heterocycles. The van der Waals surface area contributed by atoms with Crippen molar-refractivity contribution in [3.05, 3.63) is 41.7 Å². The summed E-state index contributed by atoms with van der Waals surface area (Å²) in [6, 6.07) is 6.66. The highest BCUT2D eigenvalue weighted by atomic mass is 19.1. The molecule has 1 aromatic rings. The average Bonchev–Trinajstić information content (AvgIpc) is 2.48. The molecule has 0 unspecified atom stereocenters. The molecule has 2 nitrogen and oxygen atoms in total. The Morgan fingerprint density at radius 1 is 1.09 bits per heavy atom. The van der Waals surface area contributed by atoms with Crippen molar-refractivity contribution < 1.29 is 9.18 Å². The van der Waals surface area contributed by atoms with Crippen LogP contribution in [-0.2, 0) is 4.79 Å². The van der Waals surface area contributed by atoms with E-state index in [-0.39, 0.29) is 11.7 Å². The van der Waals surface area contributed by atoms with Crippen molar-refractivity contribution in [1.29, 1.82) is 0 Å².